The highest BCUT2D eigenvalue weighted by Gasteiger charge is 2.03. The van der Waals surface area contributed by atoms with Gasteiger partial charge in [0.2, 0.25) is 0 Å². The van der Waals surface area contributed by atoms with Crippen molar-refractivity contribution in [3.8, 4) is 16.9 Å². The Labute approximate surface area is 110 Å². The maximum absolute atomic E-state index is 5.81. The van der Waals surface area contributed by atoms with Crippen molar-refractivity contribution < 1.29 is 0 Å². The largest absolute Gasteiger partial charge is 0.236 e. The van der Waals surface area contributed by atoms with Gasteiger partial charge in [0.25, 0.3) is 0 Å². The number of rotatable bonds is 2. The topological polar surface area (TPSA) is 30.7 Å². The van der Waals surface area contributed by atoms with Crippen LogP contribution in [0.1, 0.15) is 0 Å². The Hall–Kier alpha value is -2.13. The van der Waals surface area contributed by atoms with Gasteiger partial charge in [0, 0.05) is 18.0 Å². The zero-order chi connectivity index (χ0) is 12.4. The summed E-state index contributed by atoms with van der Waals surface area (Å²) in [5.41, 5.74) is 2.20. The Kier molecular flexibility index (Phi) is 2.82. The minimum absolute atomic E-state index is 0.620. The Morgan fingerprint density at radius 1 is 0.889 bits per heavy atom. The number of benzene rings is 1. The maximum atomic E-state index is 5.81. The van der Waals surface area contributed by atoms with Gasteiger partial charge < -0.3 is 0 Å². The first-order valence-electron chi connectivity index (χ1n) is 5.55. The van der Waals surface area contributed by atoms with E-state index in [1.165, 1.54) is 0 Å². The summed E-state index contributed by atoms with van der Waals surface area (Å²) in [6, 6.07) is 13.8. The molecule has 0 saturated heterocycles. The predicted molar refractivity (Wildman–Crippen MR) is 71.8 cm³/mol. The van der Waals surface area contributed by atoms with Crippen molar-refractivity contribution in [3.63, 3.8) is 0 Å². The molecule has 2 heterocycles. The van der Waals surface area contributed by atoms with Gasteiger partial charge in [-0.05, 0) is 17.7 Å². The quantitative estimate of drug-likeness (QED) is 0.701. The van der Waals surface area contributed by atoms with Crippen LogP contribution in [0.2, 0.25) is 5.02 Å². The molecule has 0 aliphatic carbocycles. The maximum Gasteiger partial charge on any atom is 0.153 e. The van der Waals surface area contributed by atoms with Crippen LogP contribution in [0.5, 0.6) is 0 Å². The summed E-state index contributed by atoms with van der Waals surface area (Å²) in [7, 11) is 0. The van der Waals surface area contributed by atoms with Crippen LogP contribution in [0.4, 0.5) is 0 Å². The molecule has 0 N–H and O–H groups in total. The van der Waals surface area contributed by atoms with Gasteiger partial charge in [-0.3, -0.25) is 0 Å². The molecule has 0 aliphatic heterocycles. The standard InChI is InChI=1S/C14H10ClN3/c15-13-6-7-14(16-9-13)18-10-12(8-17-18)11-4-2-1-3-5-11/h1-10H. The smallest absolute Gasteiger partial charge is 0.153 e. The van der Waals surface area contributed by atoms with Crippen LogP contribution < -0.4 is 0 Å². The molecule has 0 unspecified atom stereocenters. The third kappa shape index (κ3) is 2.13. The van der Waals surface area contributed by atoms with Crippen LogP contribution in [0.3, 0.4) is 0 Å². The molecule has 4 heteroatoms. The van der Waals surface area contributed by atoms with Crippen molar-refractivity contribution in [2.24, 2.45) is 0 Å². The fourth-order valence-electron chi connectivity index (χ4n) is 1.73. The third-order valence-corrected chi connectivity index (χ3v) is 2.86. The highest BCUT2D eigenvalue weighted by atomic mass is 35.5. The van der Waals surface area contributed by atoms with Crippen molar-refractivity contribution in [1.82, 2.24) is 14.8 Å². The van der Waals surface area contributed by atoms with E-state index >= 15 is 0 Å². The van der Waals surface area contributed by atoms with Crippen LogP contribution in [0, 0.1) is 0 Å². The molecule has 3 rings (SSSR count). The van der Waals surface area contributed by atoms with Crippen molar-refractivity contribution >= 4 is 11.6 Å². The molecule has 0 saturated carbocycles. The molecule has 0 aliphatic rings. The van der Waals surface area contributed by atoms with E-state index in [0.29, 0.717) is 5.02 Å². The summed E-state index contributed by atoms with van der Waals surface area (Å²) >= 11 is 5.81. The minimum Gasteiger partial charge on any atom is -0.236 e. The highest BCUT2D eigenvalue weighted by molar-refractivity contribution is 6.30. The van der Waals surface area contributed by atoms with Crippen molar-refractivity contribution in [2.45, 2.75) is 0 Å². The summed E-state index contributed by atoms with van der Waals surface area (Å²) in [6.07, 6.45) is 5.39. The fraction of sp³-hybridized carbons (Fsp3) is 0. The minimum atomic E-state index is 0.620. The third-order valence-electron chi connectivity index (χ3n) is 2.64. The Balaban J connectivity index is 1.97. The SMILES string of the molecule is Clc1ccc(-n2cc(-c3ccccc3)cn2)nc1. The molecule has 3 nitrogen and oxygen atoms in total. The van der Waals surface area contributed by atoms with Crippen LogP contribution in [0.25, 0.3) is 16.9 Å². The van der Waals surface area contributed by atoms with E-state index in [4.69, 9.17) is 11.6 Å². The Morgan fingerprint density at radius 2 is 1.72 bits per heavy atom. The van der Waals surface area contributed by atoms with Crippen molar-refractivity contribution in [1.29, 1.82) is 0 Å². The van der Waals surface area contributed by atoms with Gasteiger partial charge in [-0.25, -0.2) is 9.67 Å². The summed E-state index contributed by atoms with van der Waals surface area (Å²) in [5, 5.41) is 4.92. The zero-order valence-corrected chi connectivity index (χ0v) is 10.2. The normalized spacial score (nSPS) is 10.5. The molecule has 88 valence electrons. The second kappa shape index (κ2) is 4.63. The molecule has 18 heavy (non-hydrogen) atoms. The number of aromatic nitrogens is 3. The lowest BCUT2D eigenvalue weighted by Gasteiger charge is -1.99. The fourth-order valence-corrected chi connectivity index (χ4v) is 1.84. The summed E-state index contributed by atoms with van der Waals surface area (Å²) in [6.45, 7) is 0. The van der Waals surface area contributed by atoms with E-state index < -0.39 is 0 Å². The summed E-state index contributed by atoms with van der Waals surface area (Å²) in [4.78, 5) is 4.22. The van der Waals surface area contributed by atoms with E-state index in [1.807, 2.05) is 36.7 Å². The first-order valence-corrected chi connectivity index (χ1v) is 5.93. The number of nitrogens with zero attached hydrogens (tertiary/aromatic N) is 3. The van der Waals surface area contributed by atoms with E-state index in [1.54, 1.807) is 16.9 Å². The van der Waals surface area contributed by atoms with Crippen LogP contribution in [0.15, 0.2) is 61.1 Å². The van der Waals surface area contributed by atoms with Gasteiger partial charge in [-0.2, -0.15) is 5.10 Å². The molecule has 0 radical (unpaired) electrons. The van der Waals surface area contributed by atoms with Gasteiger partial charge >= 0.3 is 0 Å². The second-order valence-electron chi connectivity index (χ2n) is 3.87. The van der Waals surface area contributed by atoms with Crippen molar-refractivity contribution in [2.75, 3.05) is 0 Å². The summed E-state index contributed by atoms with van der Waals surface area (Å²) in [5.74, 6) is 0.751. The molecule has 3 aromatic rings. The van der Waals surface area contributed by atoms with Crippen LogP contribution in [-0.4, -0.2) is 14.8 Å². The Bertz CT molecular complexity index is 644. The molecular formula is C14H10ClN3. The molecule has 0 fully saturated rings. The van der Waals surface area contributed by atoms with Crippen LogP contribution >= 0.6 is 11.6 Å². The van der Waals surface area contributed by atoms with E-state index in [0.717, 1.165) is 16.9 Å². The monoisotopic (exact) mass is 255 g/mol. The average molecular weight is 256 g/mol. The van der Waals surface area contributed by atoms with E-state index in [-0.39, 0.29) is 0 Å². The number of halogens is 1. The molecule has 0 atom stereocenters. The van der Waals surface area contributed by atoms with E-state index in [9.17, 15) is 0 Å². The lowest BCUT2D eigenvalue weighted by atomic mass is 10.1. The molecule has 0 spiro atoms. The first-order chi connectivity index (χ1) is 8.83. The summed E-state index contributed by atoms with van der Waals surface area (Å²) < 4.78 is 1.73. The molecular weight excluding hydrogens is 246 g/mol. The molecule has 2 aromatic heterocycles. The second-order valence-corrected chi connectivity index (χ2v) is 4.31. The average Bonchev–Trinajstić information content (AvgIpc) is 2.90. The van der Waals surface area contributed by atoms with Gasteiger partial charge in [-0.15, -0.1) is 0 Å². The zero-order valence-electron chi connectivity index (χ0n) is 9.49. The van der Waals surface area contributed by atoms with Crippen LogP contribution in [-0.2, 0) is 0 Å². The van der Waals surface area contributed by atoms with E-state index in [2.05, 4.69) is 22.2 Å². The number of hydrogen-bond acceptors (Lipinski definition) is 2. The van der Waals surface area contributed by atoms with Gasteiger partial charge in [-0.1, -0.05) is 41.9 Å². The number of pyridine rings is 1. The highest BCUT2D eigenvalue weighted by Crippen LogP contribution is 2.19. The lowest BCUT2D eigenvalue weighted by molar-refractivity contribution is 0.847. The first kappa shape index (κ1) is 11.0. The lowest BCUT2D eigenvalue weighted by Crippen LogP contribution is -1.96. The molecule has 0 amide bonds. The predicted octanol–water partition coefficient (Wildman–Crippen LogP) is 3.59. The molecule has 0 bridgehead atoms. The molecule has 1 aromatic carbocycles. The van der Waals surface area contributed by atoms with Gasteiger partial charge in [0.05, 0.1) is 11.2 Å². The van der Waals surface area contributed by atoms with Crippen molar-refractivity contribution in [3.05, 3.63) is 66.1 Å². The van der Waals surface area contributed by atoms with Gasteiger partial charge in [0.1, 0.15) is 0 Å². The Morgan fingerprint density at radius 3 is 2.44 bits per heavy atom. The van der Waals surface area contributed by atoms with Gasteiger partial charge in [0.15, 0.2) is 5.82 Å². The number of hydrogen-bond donors (Lipinski definition) is 0.